The van der Waals surface area contributed by atoms with E-state index in [9.17, 15) is 15.3 Å². The first-order valence-electron chi connectivity index (χ1n) is 6.27. The van der Waals surface area contributed by atoms with Gasteiger partial charge < -0.3 is 20.6 Å². The molecule has 1 aliphatic heterocycles. The summed E-state index contributed by atoms with van der Waals surface area (Å²) in [5, 5.41) is 32.6. The fraction of sp³-hybridized carbons (Fsp3) is 0.571. The van der Waals surface area contributed by atoms with Gasteiger partial charge in [-0.25, -0.2) is 0 Å². The zero-order valence-corrected chi connectivity index (χ0v) is 10.6. The number of benzene rings is 1. The largest absolute Gasteiger partial charge is 0.394 e. The third-order valence-electron chi connectivity index (χ3n) is 3.65. The minimum Gasteiger partial charge on any atom is -0.394 e. The number of hydrogen-bond acceptors (Lipinski definition) is 4. The highest BCUT2D eigenvalue weighted by molar-refractivity contribution is 5.22. The molecule has 0 unspecified atom stereocenters. The average Bonchev–Trinajstić information content (AvgIpc) is 2.38. The fourth-order valence-electron chi connectivity index (χ4n) is 2.85. The molecule has 4 nitrogen and oxygen atoms in total. The van der Waals surface area contributed by atoms with Gasteiger partial charge in [0.2, 0.25) is 0 Å². The van der Waals surface area contributed by atoms with Crippen molar-refractivity contribution in [1.82, 2.24) is 5.32 Å². The summed E-state index contributed by atoms with van der Waals surface area (Å²) in [6, 6.07) is 9.74. The molecular formula is C14H21NO3. The second kappa shape index (κ2) is 4.97. The minimum absolute atomic E-state index is 0.0609. The van der Waals surface area contributed by atoms with Gasteiger partial charge in [-0.05, 0) is 25.3 Å². The van der Waals surface area contributed by atoms with Crippen LogP contribution in [0.2, 0.25) is 0 Å². The van der Waals surface area contributed by atoms with E-state index >= 15 is 0 Å². The molecule has 0 aliphatic carbocycles. The van der Waals surface area contributed by atoms with E-state index in [1.54, 1.807) is 6.92 Å². The number of aliphatic hydroxyl groups excluding tert-OH is 2. The maximum Gasteiger partial charge on any atom is 0.0680 e. The maximum atomic E-state index is 10.3. The van der Waals surface area contributed by atoms with E-state index in [0.717, 1.165) is 5.56 Å². The quantitative estimate of drug-likeness (QED) is 0.634. The molecule has 4 N–H and O–H groups in total. The Bertz CT molecular complexity index is 387. The van der Waals surface area contributed by atoms with Crippen molar-refractivity contribution >= 4 is 0 Å². The van der Waals surface area contributed by atoms with Gasteiger partial charge in [0.25, 0.3) is 0 Å². The first-order valence-corrected chi connectivity index (χ1v) is 6.27. The van der Waals surface area contributed by atoms with Gasteiger partial charge in [0, 0.05) is 6.04 Å². The van der Waals surface area contributed by atoms with Crippen molar-refractivity contribution < 1.29 is 15.3 Å². The Hall–Kier alpha value is -0.940. The predicted molar refractivity (Wildman–Crippen MR) is 69.1 cm³/mol. The molecule has 1 aromatic carbocycles. The van der Waals surface area contributed by atoms with Gasteiger partial charge in [-0.3, -0.25) is 0 Å². The molecule has 18 heavy (non-hydrogen) atoms. The standard InChI is InChI=1S/C14H21NO3/c1-13(18)7-12(11-5-3-2-4-6-11)15-14(8-13,9-16)10-17/h2-6,12,15-18H,7-10H2,1H3/t12-,13-/m0/s1. The van der Waals surface area contributed by atoms with Crippen molar-refractivity contribution in [1.29, 1.82) is 0 Å². The molecular weight excluding hydrogens is 230 g/mol. The van der Waals surface area contributed by atoms with E-state index in [1.165, 1.54) is 0 Å². The van der Waals surface area contributed by atoms with Gasteiger partial charge in [-0.2, -0.15) is 0 Å². The molecule has 100 valence electrons. The first-order chi connectivity index (χ1) is 8.50. The predicted octanol–water partition coefficient (Wildman–Crippen LogP) is 0.585. The van der Waals surface area contributed by atoms with Crippen molar-refractivity contribution in [3.8, 4) is 0 Å². The molecule has 0 spiro atoms. The van der Waals surface area contributed by atoms with Crippen LogP contribution >= 0.6 is 0 Å². The van der Waals surface area contributed by atoms with Crippen LogP contribution in [-0.4, -0.2) is 39.7 Å². The van der Waals surface area contributed by atoms with Crippen molar-refractivity contribution in [2.75, 3.05) is 13.2 Å². The average molecular weight is 251 g/mol. The molecule has 1 heterocycles. The lowest BCUT2D eigenvalue weighted by Gasteiger charge is -2.47. The molecule has 0 amide bonds. The van der Waals surface area contributed by atoms with Crippen LogP contribution < -0.4 is 5.32 Å². The zero-order chi connectivity index (χ0) is 13.2. The monoisotopic (exact) mass is 251 g/mol. The number of nitrogens with one attached hydrogen (secondary N) is 1. The Labute approximate surface area is 107 Å². The van der Waals surface area contributed by atoms with E-state index < -0.39 is 11.1 Å². The fourth-order valence-corrected chi connectivity index (χ4v) is 2.85. The highest BCUT2D eigenvalue weighted by Crippen LogP contribution is 2.37. The van der Waals surface area contributed by atoms with E-state index in [4.69, 9.17) is 0 Å². The van der Waals surface area contributed by atoms with Crippen LogP contribution in [0, 0.1) is 0 Å². The second-order valence-electron chi connectivity index (χ2n) is 5.58. The Morgan fingerprint density at radius 1 is 1.22 bits per heavy atom. The zero-order valence-electron chi connectivity index (χ0n) is 10.6. The lowest BCUT2D eigenvalue weighted by Crippen LogP contribution is -2.61. The molecule has 0 bridgehead atoms. The maximum absolute atomic E-state index is 10.3. The van der Waals surface area contributed by atoms with Crippen molar-refractivity contribution in [2.45, 2.75) is 36.9 Å². The molecule has 1 saturated heterocycles. The van der Waals surface area contributed by atoms with Crippen LogP contribution in [-0.2, 0) is 0 Å². The van der Waals surface area contributed by atoms with Gasteiger partial charge in [0.1, 0.15) is 0 Å². The normalized spacial score (nSPS) is 31.2. The highest BCUT2D eigenvalue weighted by Gasteiger charge is 2.44. The molecule has 0 radical (unpaired) electrons. The molecule has 1 aromatic rings. The Morgan fingerprint density at radius 3 is 2.39 bits per heavy atom. The molecule has 4 heteroatoms. The van der Waals surface area contributed by atoms with Gasteiger partial charge in [0.15, 0.2) is 0 Å². The van der Waals surface area contributed by atoms with Crippen LogP contribution in [0.25, 0.3) is 0 Å². The van der Waals surface area contributed by atoms with E-state index in [-0.39, 0.29) is 19.3 Å². The lowest BCUT2D eigenvalue weighted by atomic mass is 9.76. The van der Waals surface area contributed by atoms with Gasteiger partial charge >= 0.3 is 0 Å². The SMILES string of the molecule is C[C@]1(O)C[C@@H](c2ccccc2)NC(CO)(CO)C1. The van der Waals surface area contributed by atoms with E-state index in [2.05, 4.69) is 5.32 Å². The topological polar surface area (TPSA) is 72.7 Å². The number of rotatable bonds is 3. The Balaban J connectivity index is 2.27. The van der Waals surface area contributed by atoms with Gasteiger partial charge in [-0.1, -0.05) is 30.3 Å². The van der Waals surface area contributed by atoms with E-state index in [0.29, 0.717) is 12.8 Å². The molecule has 1 fully saturated rings. The summed E-state index contributed by atoms with van der Waals surface area (Å²) in [5.74, 6) is 0. The number of piperidine rings is 1. The summed E-state index contributed by atoms with van der Waals surface area (Å²) >= 11 is 0. The summed E-state index contributed by atoms with van der Waals surface area (Å²) in [6.07, 6.45) is 0.912. The third-order valence-corrected chi connectivity index (χ3v) is 3.65. The molecule has 0 saturated carbocycles. The molecule has 2 atom stereocenters. The molecule has 1 aliphatic rings. The Morgan fingerprint density at radius 2 is 1.83 bits per heavy atom. The summed E-state index contributed by atoms with van der Waals surface area (Å²) in [5.41, 5.74) is -0.650. The van der Waals surface area contributed by atoms with Crippen molar-refractivity contribution in [3.63, 3.8) is 0 Å². The van der Waals surface area contributed by atoms with E-state index in [1.807, 2.05) is 30.3 Å². The summed E-state index contributed by atoms with van der Waals surface area (Å²) in [6.45, 7) is 1.37. The summed E-state index contributed by atoms with van der Waals surface area (Å²) < 4.78 is 0. The molecule has 0 aromatic heterocycles. The smallest absolute Gasteiger partial charge is 0.0680 e. The van der Waals surface area contributed by atoms with Crippen LogP contribution in [0.15, 0.2) is 30.3 Å². The summed E-state index contributed by atoms with van der Waals surface area (Å²) in [4.78, 5) is 0. The summed E-state index contributed by atoms with van der Waals surface area (Å²) in [7, 11) is 0. The van der Waals surface area contributed by atoms with Crippen molar-refractivity contribution in [2.24, 2.45) is 0 Å². The number of aliphatic hydroxyl groups is 3. The van der Waals surface area contributed by atoms with Crippen molar-refractivity contribution in [3.05, 3.63) is 35.9 Å². The van der Waals surface area contributed by atoms with Gasteiger partial charge in [-0.15, -0.1) is 0 Å². The second-order valence-corrected chi connectivity index (χ2v) is 5.58. The number of hydrogen-bond donors (Lipinski definition) is 4. The van der Waals surface area contributed by atoms with Crippen LogP contribution in [0.1, 0.15) is 31.4 Å². The van der Waals surface area contributed by atoms with Crippen LogP contribution in [0.3, 0.4) is 0 Å². The molecule has 2 rings (SSSR count). The van der Waals surface area contributed by atoms with Gasteiger partial charge in [0.05, 0.1) is 24.4 Å². The highest BCUT2D eigenvalue weighted by atomic mass is 16.3. The third kappa shape index (κ3) is 2.72. The van der Waals surface area contributed by atoms with Crippen LogP contribution in [0.4, 0.5) is 0 Å². The van der Waals surface area contributed by atoms with Crippen LogP contribution in [0.5, 0.6) is 0 Å². The lowest BCUT2D eigenvalue weighted by molar-refractivity contribution is -0.0629. The first kappa shape index (κ1) is 13.5. The minimum atomic E-state index is -0.892. The Kier molecular flexibility index (Phi) is 3.73.